The van der Waals surface area contributed by atoms with Crippen LogP contribution >= 0.6 is 35.7 Å². The standard InChI is InChI=1S/C18H12S3/c1-20-18(19)21-15-10-8-13-6-5-11-3-2-4-12-7-9-14(15)17(13)16(11)12/h2-10H,1H3. The molecule has 21 heavy (non-hydrogen) atoms. The molecule has 4 rings (SSSR count). The van der Waals surface area contributed by atoms with E-state index in [1.807, 2.05) is 6.26 Å². The molecule has 0 amide bonds. The Kier molecular flexibility index (Phi) is 3.29. The minimum absolute atomic E-state index is 0.963. The van der Waals surface area contributed by atoms with Gasteiger partial charge in [0, 0.05) is 4.90 Å². The predicted octanol–water partition coefficient (Wildman–Crippen LogP) is 6.32. The molecule has 0 spiro atoms. The maximum absolute atomic E-state index is 5.38. The van der Waals surface area contributed by atoms with Crippen molar-refractivity contribution in [2.24, 2.45) is 0 Å². The van der Waals surface area contributed by atoms with Gasteiger partial charge in [-0.3, -0.25) is 0 Å². The monoisotopic (exact) mass is 324 g/mol. The molecule has 4 aromatic carbocycles. The summed E-state index contributed by atoms with van der Waals surface area (Å²) in [7, 11) is 0. The maximum atomic E-state index is 5.38. The first-order valence-electron chi connectivity index (χ1n) is 6.70. The Morgan fingerprint density at radius 1 is 0.810 bits per heavy atom. The van der Waals surface area contributed by atoms with Crippen molar-refractivity contribution < 1.29 is 0 Å². The highest BCUT2D eigenvalue weighted by atomic mass is 32.2. The zero-order valence-electron chi connectivity index (χ0n) is 11.4. The second-order valence-corrected chi connectivity index (χ2v) is 8.03. The van der Waals surface area contributed by atoms with Crippen molar-refractivity contribution in [3.05, 3.63) is 54.6 Å². The average molecular weight is 324 g/mol. The van der Waals surface area contributed by atoms with Gasteiger partial charge in [0.2, 0.25) is 0 Å². The van der Waals surface area contributed by atoms with Crippen molar-refractivity contribution in [3.63, 3.8) is 0 Å². The lowest BCUT2D eigenvalue weighted by molar-refractivity contribution is 1.58. The summed E-state index contributed by atoms with van der Waals surface area (Å²) in [6.45, 7) is 0. The third-order valence-electron chi connectivity index (χ3n) is 3.85. The van der Waals surface area contributed by atoms with Gasteiger partial charge in [-0.15, -0.1) is 11.8 Å². The molecule has 0 radical (unpaired) electrons. The van der Waals surface area contributed by atoms with Crippen LogP contribution in [0.25, 0.3) is 32.3 Å². The number of hydrogen-bond acceptors (Lipinski definition) is 3. The Bertz CT molecular complexity index is 956. The molecule has 0 fully saturated rings. The smallest absolute Gasteiger partial charge is 0.108 e. The topological polar surface area (TPSA) is 0 Å². The van der Waals surface area contributed by atoms with Gasteiger partial charge in [-0.2, -0.15) is 0 Å². The molecule has 3 heteroatoms. The molecule has 0 heterocycles. The Morgan fingerprint density at radius 3 is 2.14 bits per heavy atom. The normalized spacial score (nSPS) is 11.7. The van der Waals surface area contributed by atoms with Crippen molar-refractivity contribution >= 4 is 71.6 Å². The van der Waals surface area contributed by atoms with Crippen molar-refractivity contribution in [1.82, 2.24) is 0 Å². The fourth-order valence-corrected chi connectivity index (χ4v) is 4.40. The summed E-state index contributed by atoms with van der Waals surface area (Å²) >= 11 is 8.70. The van der Waals surface area contributed by atoms with E-state index in [2.05, 4.69) is 54.6 Å². The molecule has 0 nitrogen and oxygen atoms in total. The van der Waals surface area contributed by atoms with Crippen LogP contribution in [0.15, 0.2) is 59.5 Å². The first-order valence-corrected chi connectivity index (χ1v) is 9.15. The van der Waals surface area contributed by atoms with Gasteiger partial charge < -0.3 is 0 Å². The van der Waals surface area contributed by atoms with Gasteiger partial charge in [0.05, 0.1) is 0 Å². The van der Waals surface area contributed by atoms with Crippen LogP contribution in [0, 0.1) is 0 Å². The van der Waals surface area contributed by atoms with Crippen LogP contribution in [-0.2, 0) is 0 Å². The van der Waals surface area contributed by atoms with Gasteiger partial charge in [-0.05, 0) is 44.6 Å². The molecule has 0 aliphatic carbocycles. The van der Waals surface area contributed by atoms with Crippen LogP contribution in [0.1, 0.15) is 0 Å². The first-order chi connectivity index (χ1) is 10.3. The Hall–Kier alpha value is -1.29. The van der Waals surface area contributed by atoms with Crippen LogP contribution in [0.4, 0.5) is 0 Å². The molecule has 4 aromatic rings. The number of hydrogen-bond donors (Lipinski definition) is 0. The van der Waals surface area contributed by atoms with Gasteiger partial charge in [-0.1, -0.05) is 72.5 Å². The van der Waals surface area contributed by atoms with Gasteiger partial charge in [-0.25, -0.2) is 0 Å². The second-order valence-electron chi connectivity index (χ2n) is 4.98. The van der Waals surface area contributed by atoms with E-state index < -0.39 is 0 Å². The molecule has 0 bridgehead atoms. The fraction of sp³-hybridized carbons (Fsp3) is 0.0556. The zero-order chi connectivity index (χ0) is 14.4. The fourth-order valence-electron chi connectivity index (χ4n) is 2.93. The van der Waals surface area contributed by atoms with Crippen molar-refractivity contribution in [3.8, 4) is 0 Å². The molecular weight excluding hydrogens is 312 g/mol. The molecule has 0 saturated heterocycles. The average Bonchev–Trinajstić information content (AvgIpc) is 2.53. The molecule has 102 valence electrons. The highest BCUT2D eigenvalue weighted by Gasteiger charge is 2.11. The van der Waals surface area contributed by atoms with Crippen LogP contribution in [0.3, 0.4) is 0 Å². The molecule has 0 atom stereocenters. The molecule has 0 aromatic heterocycles. The third kappa shape index (κ3) is 2.11. The van der Waals surface area contributed by atoms with E-state index in [-0.39, 0.29) is 0 Å². The van der Waals surface area contributed by atoms with E-state index >= 15 is 0 Å². The summed E-state index contributed by atoms with van der Waals surface area (Å²) in [6, 6.07) is 19.8. The summed E-state index contributed by atoms with van der Waals surface area (Å²) in [5, 5.41) is 7.94. The summed E-state index contributed by atoms with van der Waals surface area (Å²) in [5.74, 6) is 0. The van der Waals surface area contributed by atoms with Crippen LogP contribution in [0.2, 0.25) is 0 Å². The van der Waals surface area contributed by atoms with Crippen LogP contribution in [0.5, 0.6) is 0 Å². The molecular formula is C18H12S3. The highest BCUT2D eigenvalue weighted by Crippen LogP contribution is 2.39. The third-order valence-corrected chi connectivity index (χ3v) is 6.42. The minimum atomic E-state index is 0.963. The maximum Gasteiger partial charge on any atom is 0.108 e. The van der Waals surface area contributed by atoms with E-state index in [1.54, 1.807) is 23.5 Å². The van der Waals surface area contributed by atoms with Crippen LogP contribution < -0.4 is 0 Å². The largest absolute Gasteiger partial charge is 0.111 e. The quantitative estimate of drug-likeness (QED) is 0.228. The lowest BCUT2D eigenvalue weighted by Crippen LogP contribution is -1.87. The lowest BCUT2D eigenvalue weighted by atomic mass is 9.94. The van der Waals surface area contributed by atoms with E-state index in [1.165, 1.54) is 37.2 Å². The Morgan fingerprint density at radius 2 is 1.43 bits per heavy atom. The van der Waals surface area contributed by atoms with Gasteiger partial charge >= 0.3 is 0 Å². The number of rotatable bonds is 1. The Balaban J connectivity index is 2.13. The highest BCUT2D eigenvalue weighted by molar-refractivity contribution is 8.47. The molecule has 0 unspecified atom stereocenters. The zero-order valence-corrected chi connectivity index (χ0v) is 13.9. The Labute approximate surface area is 137 Å². The molecule has 0 saturated carbocycles. The summed E-state index contributed by atoms with van der Waals surface area (Å²) in [6.07, 6.45) is 2.03. The van der Waals surface area contributed by atoms with E-state index in [0.29, 0.717) is 0 Å². The number of thioether (sulfide) groups is 2. The van der Waals surface area contributed by atoms with E-state index in [0.717, 1.165) is 3.53 Å². The molecule has 0 N–H and O–H groups in total. The summed E-state index contributed by atoms with van der Waals surface area (Å²) < 4.78 is 0.963. The number of thiocarbonyl (C=S) groups is 1. The van der Waals surface area contributed by atoms with Crippen molar-refractivity contribution in [1.29, 1.82) is 0 Å². The first kappa shape index (κ1) is 13.4. The SMILES string of the molecule is CSC(=S)Sc1ccc2ccc3cccc4ccc1c2c34. The van der Waals surface area contributed by atoms with Gasteiger partial charge in [0.15, 0.2) is 0 Å². The molecule has 0 aliphatic rings. The minimum Gasteiger partial charge on any atom is -0.111 e. The number of benzene rings is 4. The van der Waals surface area contributed by atoms with Gasteiger partial charge in [0.25, 0.3) is 0 Å². The van der Waals surface area contributed by atoms with E-state index in [9.17, 15) is 0 Å². The summed E-state index contributed by atoms with van der Waals surface area (Å²) in [5.41, 5.74) is 0. The van der Waals surface area contributed by atoms with E-state index in [4.69, 9.17) is 12.2 Å². The molecule has 0 aliphatic heterocycles. The second kappa shape index (κ2) is 5.16. The predicted molar refractivity (Wildman–Crippen MR) is 102 cm³/mol. The van der Waals surface area contributed by atoms with Gasteiger partial charge in [0.1, 0.15) is 3.53 Å². The van der Waals surface area contributed by atoms with Crippen LogP contribution in [-0.4, -0.2) is 9.78 Å². The van der Waals surface area contributed by atoms with Crippen molar-refractivity contribution in [2.45, 2.75) is 4.90 Å². The lowest BCUT2D eigenvalue weighted by Gasteiger charge is -2.13. The summed E-state index contributed by atoms with van der Waals surface area (Å²) in [4.78, 5) is 1.25. The van der Waals surface area contributed by atoms with Crippen molar-refractivity contribution in [2.75, 3.05) is 6.26 Å².